The van der Waals surface area contributed by atoms with Gasteiger partial charge >= 0.3 is 6.03 Å². The van der Waals surface area contributed by atoms with Crippen molar-refractivity contribution in [3.63, 3.8) is 0 Å². The monoisotopic (exact) mass is 183 g/mol. The number of urea groups is 1. The molecule has 1 aliphatic heterocycles. The predicted molar refractivity (Wildman–Crippen MR) is 52.7 cm³/mol. The Morgan fingerprint density at radius 2 is 2.31 bits per heavy atom. The van der Waals surface area contributed by atoms with Gasteiger partial charge in [0, 0.05) is 26.4 Å². The summed E-state index contributed by atoms with van der Waals surface area (Å²) < 4.78 is 0. The van der Waals surface area contributed by atoms with E-state index in [-0.39, 0.29) is 6.03 Å². The van der Waals surface area contributed by atoms with Gasteiger partial charge in [-0.3, -0.25) is 0 Å². The maximum Gasteiger partial charge on any atom is 0.340 e. The van der Waals surface area contributed by atoms with Gasteiger partial charge in [0.05, 0.1) is 0 Å². The van der Waals surface area contributed by atoms with Crippen LogP contribution in [-0.2, 0) is 0 Å². The molecular formula is C9H17N3O. The molecule has 0 aromatic carbocycles. The minimum absolute atomic E-state index is 0.0126. The number of rotatable bonds is 3. The van der Waals surface area contributed by atoms with Crippen LogP contribution in [0.4, 0.5) is 4.79 Å². The first kappa shape index (κ1) is 10.0. The molecule has 1 aliphatic rings. The van der Waals surface area contributed by atoms with Crippen LogP contribution in [0, 0.1) is 0 Å². The van der Waals surface area contributed by atoms with E-state index in [0.717, 1.165) is 32.4 Å². The van der Waals surface area contributed by atoms with Crippen LogP contribution in [0.2, 0.25) is 0 Å². The molecule has 2 amide bonds. The summed E-state index contributed by atoms with van der Waals surface area (Å²) in [4.78, 5) is 13.2. The smallest absolute Gasteiger partial charge is 0.326 e. The molecule has 4 nitrogen and oxygen atoms in total. The van der Waals surface area contributed by atoms with E-state index in [0.29, 0.717) is 0 Å². The van der Waals surface area contributed by atoms with Gasteiger partial charge in [-0.1, -0.05) is 13.3 Å². The fourth-order valence-corrected chi connectivity index (χ4v) is 1.24. The Labute approximate surface area is 79.2 Å². The van der Waals surface area contributed by atoms with Crippen molar-refractivity contribution in [1.29, 1.82) is 0 Å². The molecule has 0 bridgehead atoms. The molecule has 0 aliphatic carbocycles. The maximum absolute atomic E-state index is 11.5. The highest BCUT2D eigenvalue weighted by Crippen LogP contribution is 2.06. The van der Waals surface area contributed by atoms with E-state index in [1.54, 1.807) is 9.91 Å². The average Bonchev–Trinajstić information content (AvgIpc) is 2.13. The van der Waals surface area contributed by atoms with Crippen molar-refractivity contribution in [2.24, 2.45) is 5.10 Å². The van der Waals surface area contributed by atoms with E-state index in [9.17, 15) is 4.79 Å². The van der Waals surface area contributed by atoms with Crippen LogP contribution >= 0.6 is 0 Å². The molecule has 13 heavy (non-hydrogen) atoms. The zero-order chi connectivity index (χ0) is 9.68. The lowest BCUT2D eigenvalue weighted by Gasteiger charge is -2.29. The second kappa shape index (κ2) is 4.84. The third kappa shape index (κ3) is 2.72. The van der Waals surface area contributed by atoms with E-state index in [1.165, 1.54) is 0 Å². The zero-order valence-corrected chi connectivity index (χ0v) is 8.36. The van der Waals surface area contributed by atoms with Crippen molar-refractivity contribution in [2.45, 2.75) is 26.2 Å². The summed E-state index contributed by atoms with van der Waals surface area (Å²) in [6.45, 7) is 3.69. The lowest BCUT2D eigenvalue weighted by atomic mass is 10.3. The molecule has 0 radical (unpaired) electrons. The lowest BCUT2D eigenvalue weighted by molar-refractivity contribution is 0.143. The highest BCUT2D eigenvalue weighted by molar-refractivity contribution is 5.75. The van der Waals surface area contributed by atoms with Crippen LogP contribution in [0.25, 0.3) is 0 Å². The van der Waals surface area contributed by atoms with Crippen molar-refractivity contribution in [2.75, 3.05) is 20.1 Å². The third-order valence-electron chi connectivity index (χ3n) is 2.05. The number of hydrogen-bond donors (Lipinski definition) is 0. The molecule has 0 aromatic rings. The van der Waals surface area contributed by atoms with E-state index >= 15 is 0 Å². The van der Waals surface area contributed by atoms with E-state index in [2.05, 4.69) is 12.0 Å². The molecule has 4 heteroatoms. The van der Waals surface area contributed by atoms with Gasteiger partial charge in [-0.2, -0.15) is 5.10 Å². The van der Waals surface area contributed by atoms with Crippen molar-refractivity contribution in [3.05, 3.63) is 0 Å². The van der Waals surface area contributed by atoms with Gasteiger partial charge in [-0.25, -0.2) is 9.80 Å². The number of hydrogen-bond acceptors (Lipinski definition) is 2. The summed E-state index contributed by atoms with van der Waals surface area (Å²) >= 11 is 0. The molecule has 1 saturated heterocycles. The Hall–Kier alpha value is -1.06. The zero-order valence-electron chi connectivity index (χ0n) is 8.36. The largest absolute Gasteiger partial charge is 0.340 e. The predicted octanol–water partition coefficient (Wildman–Crippen LogP) is 1.53. The molecule has 0 atom stereocenters. The molecule has 0 N–H and O–H groups in total. The third-order valence-corrected chi connectivity index (χ3v) is 2.05. The second-order valence-electron chi connectivity index (χ2n) is 3.27. The maximum atomic E-state index is 11.5. The molecule has 1 fully saturated rings. The summed E-state index contributed by atoms with van der Waals surface area (Å²) in [5.41, 5.74) is 0. The Kier molecular flexibility index (Phi) is 3.73. The Morgan fingerprint density at radius 3 is 3.00 bits per heavy atom. The van der Waals surface area contributed by atoms with Gasteiger partial charge in [-0.15, -0.1) is 0 Å². The van der Waals surface area contributed by atoms with Crippen LogP contribution in [-0.4, -0.2) is 42.3 Å². The first-order valence-corrected chi connectivity index (χ1v) is 4.80. The summed E-state index contributed by atoms with van der Waals surface area (Å²) in [5, 5.41) is 5.66. The SMILES string of the molecule is CCC/C=N/N1CCCN(C)C1=O. The van der Waals surface area contributed by atoms with E-state index in [1.807, 2.05) is 13.3 Å². The highest BCUT2D eigenvalue weighted by Gasteiger charge is 2.21. The second-order valence-corrected chi connectivity index (χ2v) is 3.27. The van der Waals surface area contributed by atoms with E-state index in [4.69, 9.17) is 0 Å². The quantitative estimate of drug-likeness (QED) is 0.611. The average molecular weight is 183 g/mol. The van der Waals surface area contributed by atoms with Crippen LogP contribution < -0.4 is 0 Å². The molecule has 1 heterocycles. The summed E-state index contributed by atoms with van der Waals surface area (Å²) in [7, 11) is 1.81. The van der Waals surface area contributed by atoms with Gasteiger partial charge in [0.15, 0.2) is 0 Å². The number of carbonyl (C=O) groups excluding carboxylic acids is 1. The van der Waals surface area contributed by atoms with Gasteiger partial charge in [0.25, 0.3) is 0 Å². The fourth-order valence-electron chi connectivity index (χ4n) is 1.24. The fraction of sp³-hybridized carbons (Fsp3) is 0.778. The van der Waals surface area contributed by atoms with Crippen molar-refractivity contribution in [1.82, 2.24) is 9.91 Å². The number of amides is 2. The molecule has 0 spiro atoms. The van der Waals surface area contributed by atoms with Gasteiger partial charge in [-0.05, 0) is 12.8 Å². The van der Waals surface area contributed by atoms with Crippen molar-refractivity contribution < 1.29 is 4.79 Å². The molecule has 0 unspecified atom stereocenters. The molecule has 0 saturated carbocycles. The first-order valence-electron chi connectivity index (χ1n) is 4.80. The van der Waals surface area contributed by atoms with Gasteiger partial charge in [0.2, 0.25) is 0 Å². The topological polar surface area (TPSA) is 35.9 Å². The minimum Gasteiger partial charge on any atom is -0.326 e. The van der Waals surface area contributed by atoms with E-state index < -0.39 is 0 Å². The van der Waals surface area contributed by atoms with Crippen molar-refractivity contribution in [3.8, 4) is 0 Å². The van der Waals surface area contributed by atoms with Crippen molar-refractivity contribution >= 4 is 12.2 Å². The number of nitrogens with zero attached hydrogens (tertiary/aromatic N) is 3. The first-order chi connectivity index (χ1) is 6.25. The van der Waals surface area contributed by atoms with Gasteiger partial charge < -0.3 is 4.90 Å². The highest BCUT2D eigenvalue weighted by atomic mass is 16.2. The normalized spacial score (nSPS) is 18.8. The Morgan fingerprint density at radius 1 is 1.54 bits per heavy atom. The van der Waals surface area contributed by atoms with Crippen LogP contribution in [0.3, 0.4) is 0 Å². The number of unbranched alkanes of at least 4 members (excludes halogenated alkanes) is 1. The van der Waals surface area contributed by atoms with Crippen LogP contribution in [0.5, 0.6) is 0 Å². The minimum atomic E-state index is 0.0126. The summed E-state index contributed by atoms with van der Waals surface area (Å²) in [5.74, 6) is 0. The molecular weight excluding hydrogens is 166 g/mol. The summed E-state index contributed by atoms with van der Waals surface area (Å²) in [6.07, 6.45) is 4.83. The number of hydrazone groups is 1. The lowest BCUT2D eigenvalue weighted by Crippen LogP contribution is -2.44. The van der Waals surface area contributed by atoms with Crippen LogP contribution in [0.1, 0.15) is 26.2 Å². The molecule has 0 aromatic heterocycles. The Bertz CT molecular complexity index is 203. The molecule has 1 rings (SSSR count). The Balaban J connectivity index is 2.44. The number of carbonyl (C=O) groups is 1. The molecule has 74 valence electrons. The summed E-state index contributed by atoms with van der Waals surface area (Å²) in [6, 6.07) is 0.0126. The van der Waals surface area contributed by atoms with Crippen LogP contribution in [0.15, 0.2) is 5.10 Å². The van der Waals surface area contributed by atoms with Gasteiger partial charge in [0.1, 0.15) is 0 Å². The standard InChI is InChI=1S/C9H17N3O/c1-3-4-6-10-12-8-5-7-11(2)9(12)13/h6H,3-5,7-8H2,1-2H3/b10-6+.